The molecule has 0 radical (unpaired) electrons. The molecule has 0 aliphatic heterocycles. The molecule has 4 rings (SSSR count). The number of hydrogen-bond acceptors (Lipinski definition) is 4. The number of fused-ring (bicyclic) bond motifs is 1. The van der Waals surface area contributed by atoms with Crippen molar-refractivity contribution in [3.63, 3.8) is 0 Å². The fourth-order valence-electron chi connectivity index (χ4n) is 5.74. The van der Waals surface area contributed by atoms with Crippen molar-refractivity contribution in [3.05, 3.63) is 83.0 Å². The lowest BCUT2D eigenvalue weighted by molar-refractivity contribution is -0.647. The van der Waals surface area contributed by atoms with Crippen molar-refractivity contribution in [3.8, 4) is 0 Å². The van der Waals surface area contributed by atoms with Crippen LogP contribution in [0.3, 0.4) is 0 Å². The molecule has 2 aromatic heterocycles. The Hall–Kier alpha value is -3.25. The van der Waals surface area contributed by atoms with Crippen molar-refractivity contribution in [2.24, 2.45) is 12.5 Å². The van der Waals surface area contributed by atoms with Gasteiger partial charge in [-0.05, 0) is 76.7 Å². The van der Waals surface area contributed by atoms with Crippen molar-refractivity contribution >= 4 is 17.0 Å². The molecule has 1 aliphatic carbocycles. The van der Waals surface area contributed by atoms with E-state index in [1.54, 1.807) is 17.5 Å². The summed E-state index contributed by atoms with van der Waals surface area (Å²) in [5.41, 5.74) is 12.6. The standard InChI is InChI=1S/C33H46N5O/c1-25(17-18-29-27(3)14-11-20-33(29,4)5)12-10-13-26(2)19-21-38-24-37(6)32-30(38)31(34-23-35-32)36-39-22-28-15-8-7-9-16-28/h7-9,12,15-16,19,23-24H,10-11,13-14,17-18,20-22H2,1-6H3,(H,34,35,36)/q+1/b25-12+,26-19+. The summed E-state index contributed by atoms with van der Waals surface area (Å²) >= 11 is 0. The van der Waals surface area contributed by atoms with Crippen LogP contribution in [-0.4, -0.2) is 14.5 Å². The molecule has 208 valence electrons. The summed E-state index contributed by atoms with van der Waals surface area (Å²) in [4.78, 5) is 14.7. The molecular weight excluding hydrogens is 482 g/mol. The van der Waals surface area contributed by atoms with Crippen LogP contribution in [-0.2, 0) is 25.0 Å². The van der Waals surface area contributed by atoms with Gasteiger partial charge in [-0.1, -0.05) is 83.6 Å². The molecule has 39 heavy (non-hydrogen) atoms. The van der Waals surface area contributed by atoms with Crippen LogP contribution < -0.4 is 10.0 Å². The van der Waals surface area contributed by atoms with Crippen LogP contribution in [0.15, 0.2) is 77.4 Å². The summed E-state index contributed by atoms with van der Waals surface area (Å²) in [6.45, 7) is 12.9. The molecular formula is C33H46N5O+. The van der Waals surface area contributed by atoms with Crippen molar-refractivity contribution in [1.82, 2.24) is 14.5 Å². The molecule has 3 aromatic rings. The fraction of sp³-hybridized carbons (Fsp3) is 0.485. The number of hydrogen-bond donors (Lipinski definition) is 1. The number of nitrogens with zero attached hydrogens (tertiary/aromatic N) is 4. The lowest BCUT2D eigenvalue weighted by atomic mass is 9.71. The highest BCUT2D eigenvalue weighted by atomic mass is 16.6. The van der Waals surface area contributed by atoms with Crippen LogP contribution in [0, 0.1) is 5.41 Å². The van der Waals surface area contributed by atoms with E-state index >= 15 is 0 Å². The first-order valence-electron chi connectivity index (χ1n) is 14.4. The van der Waals surface area contributed by atoms with E-state index in [0.717, 1.165) is 36.1 Å². The highest BCUT2D eigenvalue weighted by Gasteiger charge is 2.27. The quantitative estimate of drug-likeness (QED) is 0.148. The Labute approximate surface area is 234 Å². The molecule has 0 spiro atoms. The summed E-state index contributed by atoms with van der Waals surface area (Å²) in [6, 6.07) is 10.1. The van der Waals surface area contributed by atoms with Crippen LogP contribution in [0.25, 0.3) is 11.2 Å². The van der Waals surface area contributed by atoms with E-state index in [-0.39, 0.29) is 0 Å². The maximum Gasteiger partial charge on any atom is 0.307 e. The summed E-state index contributed by atoms with van der Waals surface area (Å²) in [6.07, 6.45) is 16.9. The Morgan fingerprint density at radius 2 is 1.87 bits per heavy atom. The van der Waals surface area contributed by atoms with Crippen molar-refractivity contribution in [2.75, 3.05) is 5.48 Å². The van der Waals surface area contributed by atoms with Crippen LogP contribution >= 0.6 is 0 Å². The third kappa shape index (κ3) is 7.66. The Bertz CT molecular complexity index is 1350. The number of rotatable bonds is 12. The van der Waals surface area contributed by atoms with Crippen molar-refractivity contribution in [2.45, 2.75) is 92.7 Å². The third-order valence-corrected chi connectivity index (χ3v) is 8.11. The second-order valence-electron chi connectivity index (χ2n) is 11.8. The molecule has 0 fully saturated rings. The van der Waals surface area contributed by atoms with Gasteiger partial charge in [-0.2, -0.15) is 4.98 Å². The summed E-state index contributed by atoms with van der Waals surface area (Å²) in [5, 5.41) is 0. The first-order valence-corrected chi connectivity index (χ1v) is 14.4. The Kier molecular flexibility index (Phi) is 9.73. The second-order valence-corrected chi connectivity index (χ2v) is 11.8. The Morgan fingerprint density at radius 1 is 1.10 bits per heavy atom. The fourth-order valence-corrected chi connectivity index (χ4v) is 5.74. The Balaban J connectivity index is 1.33. The van der Waals surface area contributed by atoms with E-state index in [4.69, 9.17) is 4.84 Å². The molecule has 1 aromatic carbocycles. The minimum Gasteiger partial charge on any atom is -0.270 e. The summed E-state index contributed by atoms with van der Waals surface area (Å²) < 4.78 is 4.20. The van der Waals surface area contributed by atoms with Gasteiger partial charge in [0.1, 0.15) is 0 Å². The highest BCUT2D eigenvalue weighted by molar-refractivity contribution is 5.80. The molecule has 1 N–H and O–H groups in total. The van der Waals surface area contributed by atoms with Gasteiger partial charge >= 0.3 is 5.65 Å². The van der Waals surface area contributed by atoms with Gasteiger partial charge in [-0.15, -0.1) is 0 Å². The van der Waals surface area contributed by atoms with Crippen LogP contribution in [0.5, 0.6) is 0 Å². The number of aryl methyl sites for hydroxylation is 1. The normalized spacial score (nSPS) is 16.3. The molecule has 6 nitrogen and oxygen atoms in total. The molecule has 0 unspecified atom stereocenters. The zero-order valence-corrected chi connectivity index (χ0v) is 24.8. The monoisotopic (exact) mass is 528 g/mol. The van der Waals surface area contributed by atoms with Gasteiger partial charge < -0.3 is 0 Å². The van der Waals surface area contributed by atoms with Crippen LogP contribution in [0.1, 0.15) is 85.1 Å². The minimum absolute atomic E-state index is 0.371. The molecule has 0 amide bonds. The number of anilines is 1. The second kappa shape index (κ2) is 13.2. The molecule has 6 heteroatoms. The number of benzene rings is 1. The first kappa shape index (κ1) is 28.8. The van der Waals surface area contributed by atoms with E-state index in [1.807, 2.05) is 41.9 Å². The van der Waals surface area contributed by atoms with E-state index < -0.39 is 0 Å². The average Bonchev–Trinajstić information content (AvgIpc) is 3.23. The van der Waals surface area contributed by atoms with E-state index in [9.17, 15) is 0 Å². The summed E-state index contributed by atoms with van der Waals surface area (Å²) in [7, 11) is 2.01. The third-order valence-electron chi connectivity index (χ3n) is 8.11. The van der Waals surface area contributed by atoms with Gasteiger partial charge in [0.15, 0.2) is 18.5 Å². The smallest absolute Gasteiger partial charge is 0.270 e. The number of imidazole rings is 1. The molecule has 0 atom stereocenters. The first-order chi connectivity index (χ1) is 18.7. The largest absolute Gasteiger partial charge is 0.307 e. The molecule has 2 heterocycles. The predicted octanol–water partition coefficient (Wildman–Crippen LogP) is 7.78. The molecule has 0 bridgehead atoms. The van der Waals surface area contributed by atoms with Crippen LogP contribution in [0.4, 0.5) is 5.82 Å². The SMILES string of the molecule is CC1=C(CC/C(C)=C/CC/C(C)=C/Cn2c[n+](C)c3ncnc(NOCc4ccccc4)c32)C(C)(C)CCC1. The predicted molar refractivity (Wildman–Crippen MR) is 160 cm³/mol. The average molecular weight is 529 g/mol. The summed E-state index contributed by atoms with van der Waals surface area (Å²) in [5.74, 6) is 0.674. The van der Waals surface area contributed by atoms with Gasteiger partial charge in [0.05, 0.1) is 20.2 Å². The van der Waals surface area contributed by atoms with E-state index in [1.165, 1.54) is 43.3 Å². The zero-order valence-electron chi connectivity index (χ0n) is 24.8. The maximum absolute atomic E-state index is 5.77. The van der Waals surface area contributed by atoms with Gasteiger partial charge in [0.2, 0.25) is 5.52 Å². The van der Waals surface area contributed by atoms with Gasteiger partial charge in [-0.25, -0.2) is 10.0 Å². The van der Waals surface area contributed by atoms with Crippen molar-refractivity contribution in [1.29, 1.82) is 0 Å². The van der Waals surface area contributed by atoms with Crippen LogP contribution in [0.2, 0.25) is 0 Å². The van der Waals surface area contributed by atoms with E-state index in [2.05, 4.69) is 73.1 Å². The number of aromatic nitrogens is 4. The minimum atomic E-state index is 0.371. The Morgan fingerprint density at radius 3 is 2.64 bits per heavy atom. The van der Waals surface area contributed by atoms with Gasteiger partial charge in [-0.3, -0.25) is 9.40 Å². The zero-order chi connectivity index (χ0) is 27.8. The van der Waals surface area contributed by atoms with Crippen molar-refractivity contribution < 1.29 is 9.40 Å². The van der Waals surface area contributed by atoms with E-state index in [0.29, 0.717) is 17.8 Å². The number of allylic oxidation sites excluding steroid dienone is 6. The van der Waals surface area contributed by atoms with Gasteiger partial charge in [0, 0.05) is 0 Å². The number of nitrogens with one attached hydrogen (secondary N) is 1. The molecule has 1 aliphatic rings. The molecule has 0 saturated heterocycles. The molecule has 0 saturated carbocycles. The van der Waals surface area contributed by atoms with Gasteiger partial charge in [0.25, 0.3) is 0 Å². The maximum atomic E-state index is 5.77. The topological polar surface area (TPSA) is 55.9 Å². The lowest BCUT2D eigenvalue weighted by Gasteiger charge is -2.35. The highest BCUT2D eigenvalue weighted by Crippen LogP contribution is 2.42. The lowest BCUT2D eigenvalue weighted by Crippen LogP contribution is -2.26.